The van der Waals surface area contributed by atoms with E-state index in [4.69, 9.17) is 4.74 Å². The zero-order valence-electron chi connectivity index (χ0n) is 12.2. The summed E-state index contributed by atoms with van der Waals surface area (Å²) in [5.41, 5.74) is 0. The second kappa shape index (κ2) is 5.96. The molecule has 0 saturated heterocycles. The predicted molar refractivity (Wildman–Crippen MR) is 84.6 cm³/mol. The summed E-state index contributed by atoms with van der Waals surface area (Å²) in [6.07, 6.45) is 2.63. The SMILES string of the molecule is COc1ccc2cc(C(=O)NC(CC3CC3)C(=O)O)sc2c1. The molecule has 1 amide bonds. The number of fused-ring (bicyclic) bond motifs is 1. The number of thiophene rings is 1. The van der Waals surface area contributed by atoms with Crippen LogP contribution in [0, 0.1) is 5.92 Å². The van der Waals surface area contributed by atoms with E-state index in [1.54, 1.807) is 13.2 Å². The molecule has 3 rings (SSSR count). The fraction of sp³-hybridized carbons (Fsp3) is 0.375. The molecule has 1 unspecified atom stereocenters. The van der Waals surface area contributed by atoms with E-state index in [2.05, 4.69) is 5.32 Å². The number of benzene rings is 1. The van der Waals surface area contributed by atoms with Crippen molar-refractivity contribution in [3.8, 4) is 5.75 Å². The first-order chi connectivity index (χ1) is 10.6. The summed E-state index contributed by atoms with van der Waals surface area (Å²) in [6, 6.07) is 6.57. The summed E-state index contributed by atoms with van der Waals surface area (Å²) in [4.78, 5) is 24.1. The third-order valence-electron chi connectivity index (χ3n) is 3.82. The zero-order valence-corrected chi connectivity index (χ0v) is 13.0. The molecule has 0 spiro atoms. The average Bonchev–Trinajstić information content (AvgIpc) is 3.21. The fourth-order valence-corrected chi connectivity index (χ4v) is 3.38. The lowest BCUT2D eigenvalue weighted by Crippen LogP contribution is -2.40. The second-order valence-corrected chi connectivity index (χ2v) is 6.64. The van der Waals surface area contributed by atoms with E-state index in [0.29, 0.717) is 17.2 Å². The Labute approximate surface area is 131 Å². The highest BCUT2D eigenvalue weighted by Crippen LogP contribution is 2.34. The van der Waals surface area contributed by atoms with Gasteiger partial charge < -0.3 is 15.2 Å². The monoisotopic (exact) mass is 319 g/mol. The first kappa shape index (κ1) is 14.8. The van der Waals surface area contributed by atoms with E-state index >= 15 is 0 Å². The summed E-state index contributed by atoms with van der Waals surface area (Å²) in [5.74, 6) is -0.122. The molecule has 116 valence electrons. The number of hydrogen-bond acceptors (Lipinski definition) is 4. The largest absolute Gasteiger partial charge is 0.497 e. The number of hydrogen-bond donors (Lipinski definition) is 2. The first-order valence-electron chi connectivity index (χ1n) is 7.18. The van der Waals surface area contributed by atoms with Gasteiger partial charge in [-0.25, -0.2) is 4.79 Å². The topological polar surface area (TPSA) is 75.6 Å². The van der Waals surface area contributed by atoms with Crippen LogP contribution in [0.5, 0.6) is 5.75 Å². The van der Waals surface area contributed by atoms with Gasteiger partial charge in [-0.05, 0) is 42.0 Å². The highest BCUT2D eigenvalue weighted by molar-refractivity contribution is 7.20. The van der Waals surface area contributed by atoms with Gasteiger partial charge in [0, 0.05) is 4.70 Å². The number of amides is 1. The number of carbonyl (C=O) groups excluding carboxylic acids is 1. The van der Waals surface area contributed by atoms with Gasteiger partial charge in [-0.2, -0.15) is 0 Å². The maximum atomic E-state index is 12.3. The standard InChI is InChI=1S/C16H17NO4S/c1-21-11-5-4-10-7-14(22-13(10)8-11)15(18)17-12(16(19)20)6-9-2-3-9/h4-5,7-9,12H,2-3,6H2,1H3,(H,17,18)(H,19,20). The fourth-order valence-electron chi connectivity index (χ4n) is 2.39. The van der Waals surface area contributed by atoms with Crippen LogP contribution < -0.4 is 10.1 Å². The van der Waals surface area contributed by atoms with Crippen molar-refractivity contribution >= 4 is 33.3 Å². The van der Waals surface area contributed by atoms with Crippen molar-refractivity contribution < 1.29 is 19.4 Å². The molecule has 1 saturated carbocycles. The number of carbonyl (C=O) groups is 2. The summed E-state index contributed by atoms with van der Waals surface area (Å²) < 4.78 is 6.11. The van der Waals surface area contributed by atoms with E-state index in [1.807, 2.05) is 18.2 Å². The van der Waals surface area contributed by atoms with Crippen LogP contribution in [0.15, 0.2) is 24.3 Å². The van der Waals surface area contributed by atoms with Crippen LogP contribution in [0.2, 0.25) is 0 Å². The van der Waals surface area contributed by atoms with Gasteiger partial charge in [-0.3, -0.25) is 4.79 Å². The molecule has 2 aromatic rings. The lowest BCUT2D eigenvalue weighted by Gasteiger charge is -2.13. The maximum absolute atomic E-state index is 12.3. The first-order valence-corrected chi connectivity index (χ1v) is 7.99. The van der Waals surface area contributed by atoms with Gasteiger partial charge in [0.15, 0.2) is 0 Å². The van der Waals surface area contributed by atoms with Crippen LogP contribution in [0.1, 0.15) is 28.9 Å². The van der Waals surface area contributed by atoms with Crippen molar-refractivity contribution in [1.29, 1.82) is 0 Å². The molecule has 2 N–H and O–H groups in total. The van der Waals surface area contributed by atoms with Crippen LogP contribution in [0.3, 0.4) is 0 Å². The van der Waals surface area contributed by atoms with Crippen LogP contribution in [0.4, 0.5) is 0 Å². The van der Waals surface area contributed by atoms with Gasteiger partial charge in [0.05, 0.1) is 12.0 Å². The third-order valence-corrected chi connectivity index (χ3v) is 4.92. The smallest absolute Gasteiger partial charge is 0.326 e. The lowest BCUT2D eigenvalue weighted by molar-refractivity contribution is -0.139. The lowest BCUT2D eigenvalue weighted by atomic mass is 10.1. The van der Waals surface area contributed by atoms with Gasteiger partial charge >= 0.3 is 5.97 Å². The quantitative estimate of drug-likeness (QED) is 0.858. The number of carboxylic acid groups (broad SMARTS) is 1. The molecule has 0 aliphatic heterocycles. The average molecular weight is 319 g/mol. The molecule has 1 heterocycles. The molecule has 1 aromatic carbocycles. The minimum Gasteiger partial charge on any atom is -0.497 e. The predicted octanol–water partition coefficient (Wildman–Crippen LogP) is 2.89. The van der Waals surface area contributed by atoms with Gasteiger partial charge in [-0.1, -0.05) is 12.8 Å². The molecule has 6 heteroatoms. The molecule has 1 atom stereocenters. The van der Waals surface area contributed by atoms with Gasteiger partial charge in [-0.15, -0.1) is 11.3 Å². The van der Waals surface area contributed by atoms with E-state index in [0.717, 1.165) is 28.7 Å². The highest BCUT2D eigenvalue weighted by Gasteiger charge is 2.30. The number of nitrogens with one attached hydrogen (secondary N) is 1. The molecular weight excluding hydrogens is 302 g/mol. The number of carboxylic acids is 1. The number of ether oxygens (including phenoxy) is 1. The second-order valence-electron chi connectivity index (χ2n) is 5.56. The third kappa shape index (κ3) is 3.22. The van der Waals surface area contributed by atoms with E-state index in [9.17, 15) is 14.7 Å². The Balaban J connectivity index is 1.77. The van der Waals surface area contributed by atoms with Crippen molar-refractivity contribution in [2.45, 2.75) is 25.3 Å². The Hall–Kier alpha value is -2.08. The molecule has 0 radical (unpaired) electrons. The van der Waals surface area contributed by atoms with E-state index < -0.39 is 12.0 Å². The van der Waals surface area contributed by atoms with Crippen molar-refractivity contribution in [3.05, 3.63) is 29.1 Å². The molecule has 5 nitrogen and oxygen atoms in total. The van der Waals surface area contributed by atoms with E-state index in [1.165, 1.54) is 11.3 Å². The van der Waals surface area contributed by atoms with Crippen molar-refractivity contribution in [2.75, 3.05) is 7.11 Å². The molecular formula is C16H17NO4S. The summed E-state index contributed by atoms with van der Waals surface area (Å²) >= 11 is 1.34. The van der Waals surface area contributed by atoms with Crippen LogP contribution >= 0.6 is 11.3 Å². The van der Waals surface area contributed by atoms with Gasteiger partial charge in [0.2, 0.25) is 0 Å². The molecule has 1 aliphatic rings. The highest BCUT2D eigenvalue weighted by atomic mass is 32.1. The van der Waals surface area contributed by atoms with Crippen LogP contribution in [0.25, 0.3) is 10.1 Å². The summed E-state index contributed by atoms with van der Waals surface area (Å²) in [7, 11) is 1.59. The summed E-state index contributed by atoms with van der Waals surface area (Å²) in [5, 5.41) is 12.8. The Morgan fingerprint density at radius 1 is 1.41 bits per heavy atom. The Bertz CT molecular complexity index is 720. The normalized spacial score (nSPS) is 15.5. The molecule has 22 heavy (non-hydrogen) atoms. The molecule has 1 aliphatic carbocycles. The van der Waals surface area contributed by atoms with Crippen molar-refractivity contribution in [3.63, 3.8) is 0 Å². The molecule has 1 aromatic heterocycles. The number of methoxy groups -OCH3 is 1. The Morgan fingerprint density at radius 2 is 2.18 bits per heavy atom. The minimum atomic E-state index is -0.969. The Morgan fingerprint density at radius 3 is 2.82 bits per heavy atom. The molecule has 1 fully saturated rings. The maximum Gasteiger partial charge on any atom is 0.326 e. The number of aliphatic carboxylic acids is 1. The molecule has 0 bridgehead atoms. The van der Waals surface area contributed by atoms with Crippen LogP contribution in [-0.2, 0) is 4.79 Å². The summed E-state index contributed by atoms with van der Waals surface area (Å²) in [6.45, 7) is 0. The van der Waals surface area contributed by atoms with Crippen LogP contribution in [-0.4, -0.2) is 30.1 Å². The van der Waals surface area contributed by atoms with Gasteiger partial charge in [0.25, 0.3) is 5.91 Å². The Kier molecular flexibility index (Phi) is 4.02. The number of rotatable bonds is 6. The van der Waals surface area contributed by atoms with Crippen molar-refractivity contribution in [1.82, 2.24) is 5.32 Å². The van der Waals surface area contributed by atoms with Gasteiger partial charge in [0.1, 0.15) is 11.8 Å². The minimum absolute atomic E-state index is 0.326. The van der Waals surface area contributed by atoms with Crippen molar-refractivity contribution in [2.24, 2.45) is 5.92 Å². The zero-order chi connectivity index (χ0) is 15.7. The van der Waals surface area contributed by atoms with E-state index in [-0.39, 0.29) is 5.91 Å².